The molecule has 1 aliphatic rings. The second-order valence-electron chi connectivity index (χ2n) is 7.15. The molecule has 0 saturated carbocycles. The van der Waals surface area contributed by atoms with Gasteiger partial charge in [0.15, 0.2) is 11.5 Å². The fraction of sp³-hybridized carbons (Fsp3) is 0.450. The zero-order valence-electron chi connectivity index (χ0n) is 17.1. The second-order valence-corrected chi connectivity index (χ2v) is 11.0. The van der Waals surface area contributed by atoms with Gasteiger partial charge >= 0.3 is 0 Å². The van der Waals surface area contributed by atoms with Crippen LogP contribution in [0.2, 0.25) is 4.34 Å². The van der Waals surface area contributed by atoms with Crippen LogP contribution in [-0.4, -0.2) is 45.9 Å². The minimum absolute atomic E-state index is 0.100. The standard InChI is InChI=1S/C20H25ClN2O5S2/c1-13(20(24)22-15-4-5-16(27-2)17(12-15)28-3)14-8-10-23(11-9-14)30(25,26)19-7-6-18(21)29-19/h4-7,12-14H,8-11H2,1-3H3,(H,22,24)/t13-/m1/s1. The first-order chi connectivity index (χ1) is 14.3. The molecule has 0 unspecified atom stereocenters. The van der Waals surface area contributed by atoms with Gasteiger partial charge < -0.3 is 14.8 Å². The fourth-order valence-electron chi connectivity index (χ4n) is 3.56. The minimum Gasteiger partial charge on any atom is -0.493 e. The third-order valence-electron chi connectivity index (χ3n) is 5.41. The lowest BCUT2D eigenvalue weighted by Gasteiger charge is -2.33. The van der Waals surface area contributed by atoms with Crippen molar-refractivity contribution in [1.29, 1.82) is 0 Å². The van der Waals surface area contributed by atoms with E-state index in [1.54, 1.807) is 31.4 Å². The lowest BCUT2D eigenvalue weighted by molar-refractivity contribution is -0.121. The van der Waals surface area contributed by atoms with E-state index >= 15 is 0 Å². The number of halogens is 1. The number of nitrogens with one attached hydrogen (secondary N) is 1. The summed E-state index contributed by atoms with van der Waals surface area (Å²) in [6.45, 7) is 2.65. The monoisotopic (exact) mass is 472 g/mol. The van der Waals surface area contributed by atoms with E-state index in [1.165, 1.54) is 17.5 Å². The van der Waals surface area contributed by atoms with Gasteiger partial charge in [0.1, 0.15) is 4.21 Å². The third kappa shape index (κ3) is 4.91. The Labute approximate surface area is 186 Å². The van der Waals surface area contributed by atoms with Crippen molar-refractivity contribution in [3.63, 3.8) is 0 Å². The van der Waals surface area contributed by atoms with Crippen LogP contribution in [-0.2, 0) is 14.8 Å². The summed E-state index contributed by atoms with van der Waals surface area (Å²) in [5.41, 5.74) is 0.624. The highest BCUT2D eigenvalue weighted by Gasteiger charge is 2.34. The van der Waals surface area contributed by atoms with E-state index in [1.807, 2.05) is 6.92 Å². The third-order valence-corrected chi connectivity index (χ3v) is 9.01. The zero-order chi connectivity index (χ0) is 21.9. The van der Waals surface area contributed by atoms with Gasteiger partial charge in [-0.15, -0.1) is 11.3 Å². The molecule has 1 aromatic heterocycles. The van der Waals surface area contributed by atoms with Gasteiger partial charge in [-0.25, -0.2) is 8.42 Å². The number of methoxy groups -OCH3 is 2. The van der Waals surface area contributed by atoms with Crippen LogP contribution in [0, 0.1) is 11.8 Å². The van der Waals surface area contributed by atoms with Crippen molar-refractivity contribution in [2.24, 2.45) is 11.8 Å². The van der Waals surface area contributed by atoms with Gasteiger partial charge in [0.2, 0.25) is 5.91 Å². The van der Waals surface area contributed by atoms with Crippen LogP contribution in [0.4, 0.5) is 5.69 Å². The smallest absolute Gasteiger partial charge is 0.252 e. The number of amides is 1. The number of hydrogen-bond donors (Lipinski definition) is 1. The van der Waals surface area contributed by atoms with Gasteiger partial charge in [-0.2, -0.15) is 4.31 Å². The van der Waals surface area contributed by atoms with Crippen LogP contribution in [0.3, 0.4) is 0 Å². The van der Waals surface area contributed by atoms with Gasteiger partial charge in [0.25, 0.3) is 10.0 Å². The highest BCUT2D eigenvalue weighted by atomic mass is 35.5. The summed E-state index contributed by atoms with van der Waals surface area (Å²) in [4.78, 5) is 12.7. The van der Waals surface area contributed by atoms with Crippen molar-refractivity contribution >= 4 is 44.6 Å². The summed E-state index contributed by atoms with van der Waals surface area (Å²) < 4.78 is 38.1. The van der Waals surface area contributed by atoms with Gasteiger partial charge in [0, 0.05) is 30.8 Å². The molecule has 0 radical (unpaired) electrons. The average Bonchev–Trinajstić information content (AvgIpc) is 3.20. The van der Waals surface area contributed by atoms with Gasteiger partial charge in [-0.05, 0) is 43.0 Å². The molecule has 2 heterocycles. The summed E-state index contributed by atoms with van der Waals surface area (Å²) in [6, 6.07) is 8.33. The quantitative estimate of drug-likeness (QED) is 0.655. The molecule has 0 aliphatic carbocycles. The van der Waals surface area contributed by atoms with E-state index in [0.717, 1.165) is 11.3 Å². The predicted octanol–water partition coefficient (Wildman–Crippen LogP) is 4.09. The number of hydrogen-bond acceptors (Lipinski definition) is 6. The van der Waals surface area contributed by atoms with Crippen molar-refractivity contribution < 1.29 is 22.7 Å². The maximum Gasteiger partial charge on any atom is 0.252 e. The Morgan fingerprint density at radius 3 is 2.40 bits per heavy atom. The SMILES string of the molecule is COc1ccc(NC(=O)[C@H](C)C2CCN(S(=O)(=O)c3ccc(Cl)s3)CC2)cc1OC. The lowest BCUT2D eigenvalue weighted by atomic mass is 9.85. The maximum absolute atomic E-state index is 12.7. The highest BCUT2D eigenvalue weighted by Crippen LogP contribution is 2.33. The second kappa shape index (κ2) is 9.55. The Hall–Kier alpha value is -1.81. The summed E-state index contributed by atoms with van der Waals surface area (Å²) in [5, 5.41) is 2.92. The van der Waals surface area contributed by atoms with Crippen LogP contribution in [0.1, 0.15) is 19.8 Å². The van der Waals surface area contributed by atoms with Crippen molar-refractivity contribution in [3.8, 4) is 11.5 Å². The Morgan fingerprint density at radius 1 is 1.17 bits per heavy atom. The largest absolute Gasteiger partial charge is 0.493 e. The van der Waals surface area contributed by atoms with E-state index in [4.69, 9.17) is 21.1 Å². The van der Waals surface area contributed by atoms with Crippen molar-refractivity contribution in [2.45, 2.75) is 24.0 Å². The van der Waals surface area contributed by atoms with E-state index in [-0.39, 0.29) is 22.0 Å². The number of ether oxygens (including phenoxy) is 2. The molecule has 2 aromatic rings. The van der Waals surface area contributed by atoms with Crippen LogP contribution in [0.25, 0.3) is 0 Å². The van der Waals surface area contributed by atoms with E-state index in [9.17, 15) is 13.2 Å². The fourth-order valence-corrected chi connectivity index (χ4v) is 6.67. The highest BCUT2D eigenvalue weighted by molar-refractivity contribution is 7.91. The zero-order valence-corrected chi connectivity index (χ0v) is 19.4. The summed E-state index contributed by atoms with van der Waals surface area (Å²) in [7, 11) is -0.439. The number of carbonyl (C=O) groups is 1. The topological polar surface area (TPSA) is 84.9 Å². The first kappa shape index (κ1) is 22.9. The number of piperidine rings is 1. The molecule has 1 N–H and O–H groups in total. The number of thiophene rings is 1. The van der Waals surface area contributed by atoms with Crippen LogP contribution in [0.15, 0.2) is 34.5 Å². The van der Waals surface area contributed by atoms with Gasteiger partial charge in [-0.3, -0.25) is 4.79 Å². The minimum atomic E-state index is -3.53. The summed E-state index contributed by atoms with van der Waals surface area (Å²) in [5.74, 6) is 0.871. The Balaban J connectivity index is 1.59. The molecule has 1 atom stereocenters. The van der Waals surface area contributed by atoms with E-state index in [0.29, 0.717) is 47.5 Å². The summed E-state index contributed by atoms with van der Waals surface area (Å²) >= 11 is 6.94. The van der Waals surface area contributed by atoms with Crippen LogP contribution >= 0.6 is 22.9 Å². The molecule has 1 aromatic carbocycles. The van der Waals surface area contributed by atoms with Crippen LogP contribution in [0.5, 0.6) is 11.5 Å². The molecule has 0 spiro atoms. The molecule has 0 bridgehead atoms. The molecule has 1 aliphatic heterocycles. The van der Waals surface area contributed by atoms with Crippen LogP contribution < -0.4 is 14.8 Å². The predicted molar refractivity (Wildman–Crippen MR) is 118 cm³/mol. The molecule has 7 nitrogen and oxygen atoms in total. The average molecular weight is 473 g/mol. The molecule has 10 heteroatoms. The number of sulfonamides is 1. The number of rotatable bonds is 7. The molecule has 1 fully saturated rings. The van der Waals surface area contributed by atoms with E-state index < -0.39 is 10.0 Å². The maximum atomic E-state index is 12.7. The Kier molecular flexibility index (Phi) is 7.28. The van der Waals surface area contributed by atoms with Crippen molar-refractivity contribution in [3.05, 3.63) is 34.7 Å². The molecule has 30 heavy (non-hydrogen) atoms. The molecule has 1 saturated heterocycles. The van der Waals surface area contributed by atoms with Crippen molar-refractivity contribution in [1.82, 2.24) is 4.31 Å². The Bertz CT molecular complexity index is 1000. The van der Waals surface area contributed by atoms with Crippen molar-refractivity contribution in [2.75, 3.05) is 32.6 Å². The van der Waals surface area contributed by atoms with Gasteiger partial charge in [0.05, 0.1) is 18.6 Å². The molecule has 164 valence electrons. The van der Waals surface area contributed by atoms with E-state index in [2.05, 4.69) is 5.32 Å². The Morgan fingerprint density at radius 2 is 1.83 bits per heavy atom. The first-order valence-electron chi connectivity index (χ1n) is 9.54. The molecular weight excluding hydrogens is 448 g/mol. The number of benzene rings is 1. The van der Waals surface area contributed by atoms with Gasteiger partial charge in [-0.1, -0.05) is 18.5 Å². The summed E-state index contributed by atoms with van der Waals surface area (Å²) in [6.07, 6.45) is 1.25. The number of carbonyl (C=O) groups excluding carboxylic acids is 1. The molecular formula is C20H25ClN2O5S2. The number of anilines is 1. The normalized spacial score (nSPS) is 16.8. The lowest BCUT2D eigenvalue weighted by Crippen LogP contribution is -2.41. The molecule has 1 amide bonds. The molecule has 3 rings (SSSR count). The number of nitrogens with zero attached hydrogens (tertiary/aromatic N) is 1. The first-order valence-corrected chi connectivity index (χ1v) is 12.2.